The second kappa shape index (κ2) is 5.89. The molecule has 0 radical (unpaired) electrons. The molecule has 1 fully saturated rings. The molecule has 0 spiro atoms. The first-order valence-electron chi connectivity index (χ1n) is 6.42. The van der Waals surface area contributed by atoms with Gasteiger partial charge >= 0.3 is 0 Å². The van der Waals surface area contributed by atoms with Gasteiger partial charge in [-0.05, 0) is 37.9 Å². The normalized spacial score (nSPS) is 28.1. The molecule has 0 atom stereocenters. The first-order chi connectivity index (χ1) is 8.67. The van der Waals surface area contributed by atoms with Gasteiger partial charge in [0.2, 0.25) is 0 Å². The van der Waals surface area contributed by atoms with Crippen molar-refractivity contribution in [2.24, 2.45) is 5.92 Å². The first-order valence-corrected chi connectivity index (χ1v) is 7.65. The summed E-state index contributed by atoms with van der Waals surface area (Å²) in [6.07, 6.45) is 7.90. The van der Waals surface area contributed by atoms with Gasteiger partial charge in [0.05, 0.1) is 12.1 Å². The number of aliphatic hydroxyl groups is 1. The van der Waals surface area contributed by atoms with Crippen LogP contribution >= 0.6 is 11.8 Å². The van der Waals surface area contributed by atoms with Gasteiger partial charge in [-0.25, -0.2) is 9.97 Å². The Morgan fingerprint density at radius 3 is 2.78 bits per heavy atom. The molecule has 1 saturated carbocycles. The average Bonchev–Trinajstić information content (AvgIpc) is 2.42. The molecule has 0 bridgehead atoms. The molecule has 0 aliphatic heterocycles. The molecule has 4 nitrogen and oxygen atoms in total. The lowest BCUT2D eigenvalue weighted by atomic mass is 9.77. The number of anilines is 1. The molecule has 5 heteroatoms. The van der Waals surface area contributed by atoms with Crippen molar-refractivity contribution in [1.82, 2.24) is 9.97 Å². The number of rotatable bonds is 4. The molecular weight excluding hydrogens is 246 g/mol. The first kappa shape index (κ1) is 13.6. The van der Waals surface area contributed by atoms with E-state index in [2.05, 4.69) is 22.2 Å². The summed E-state index contributed by atoms with van der Waals surface area (Å²) in [5.74, 6) is 1.58. The Bertz CT molecular complexity index is 392. The summed E-state index contributed by atoms with van der Waals surface area (Å²) in [4.78, 5) is 8.41. The van der Waals surface area contributed by atoms with Crippen molar-refractivity contribution in [3.8, 4) is 0 Å². The highest BCUT2D eigenvalue weighted by atomic mass is 32.2. The van der Waals surface area contributed by atoms with Crippen molar-refractivity contribution in [3.63, 3.8) is 0 Å². The number of nitrogens with one attached hydrogen (secondary N) is 1. The van der Waals surface area contributed by atoms with Gasteiger partial charge in [0.15, 0.2) is 0 Å². The molecular formula is C13H21N3OS. The standard InChI is InChI=1S/C13H21N3OS/c1-10-3-5-13(8-17,6-4-10)16-11-7-12(18-2)15-9-14-11/h7,9-10,17H,3-6,8H2,1-2H3,(H,14,15,16). The van der Waals surface area contributed by atoms with Gasteiger partial charge in [0.25, 0.3) is 0 Å². The van der Waals surface area contributed by atoms with Crippen LogP contribution in [0.1, 0.15) is 32.6 Å². The molecule has 1 aromatic rings. The van der Waals surface area contributed by atoms with Crippen molar-refractivity contribution in [1.29, 1.82) is 0 Å². The summed E-state index contributed by atoms with van der Waals surface area (Å²) < 4.78 is 0. The fraction of sp³-hybridized carbons (Fsp3) is 0.692. The van der Waals surface area contributed by atoms with E-state index in [0.717, 1.165) is 42.4 Å². The lowest BCUT2D eigenvalue weighted by molar-refractivity contribution is 0.155. The monoisotopic (exact) mass is 267 g/mol. The average molecular weight is 267 g/mol. The Balaban J connectivity index is 2.09. The summed E-state index contributed by atoms with van der Waals surface area (Å²) in [5, 5.41) is 14.1. The predicted molar refractivity (Wildman–Crippen MR) is 74.9 cm³/mol. The number of hydrogen-bond acceptors (Lipinski definition) is 5. The minimum absolute atomic E-state index is 0.165. The molecule has 0 saturated heterocycles. The highest BCUT2D eigenvalue weighted by Crippen LogP contribution is 2.34. The fourth-order valence-electron chi connectivity index (χ4n) is 2.43. The quantitative estimate of drug-likeness (QED) is 0.648. The van der Waals surface area contributed by atoms with Crippen LogP contribution in [0.15, 0.2) is 17.4 Å². The van der Waals surface area contributed by atoms with Gasteiger partial charge in [0.1, 0.15) is 17.2 Å². The summed E-state index contributed by atoms with van der Waals surface area (Å²) in [5.41, 5.74) is -0.198. The highest BCUT2D eigenvalue weighted by molar-refractivity contribution is 7.98. The minimum atomic E-state index is -0.198. The maximum Gasteiger partial charge on any atom is 0.130 e. The SMILES string of the molecule is CSc1cc(NC2(CO)CCC(C)CC2)ncn1. The van der Waals surface area contributed by atoms with Crippen LogP contribution in [0.2, 0.25) is 0 Å². The van der Waals surface area contributed by atoms with Gasteiger partial charge in [0, 0.05) is 6.07 Å². The second-order valence-electron chi connectivity index (χ2n) is 5.19. The molecule has 1 heterocycles. The Labute approximate surface area is 113 Å². The third-order valence-corrected chi connectivity index (χ3v) is 4.42. The molecule has 18 heavy (non-hydrogen) atoms. The number of aliphatic hydroxyl groups excluding tert-OH is 1. The largest absolute Gasteiger partial charge is 0.394 e. The smallest absolute Gasteiger partial charge is 0.130 e. The minimum Gasteiger partial charge on any atom is -0.394 e. The van der Waals surface area contributed by atoms with Crippen molar-refractivity contribution in [2.75, 3.05) is 18.2 Å². The van der Waals surface area contributed by atoms with Crippen molar-refractivity contribution in [3.05, 3.63) is 12.4 Å². The van der Waals surface area contributed by atoms with Gasteiger partial charge in [-0.1, -0.05) is 6.92 Å². The summed E-state index contributed by atoms with van der Waals surface area (Å²) in [6.45, 7) is 2.44. The molecule has 1 aliphatic carbocycles. The Kier molecular flexibility index (Phi) is 4.45. The van der Waals surface area contributed by atoms with E-state index in [1.807, 2.05) is 12.3 Å². The van der Waals surface area contributed by atoms with Crippen LogP contribution in [0.5, 0.6) is 0 Å². The van der Waals surface area contributed by atoms with E-state index in [0.29, 0.717) is 0 Å². The van der Waals surface area contributed by atoms with Gasteiger partial charge in [-0.15, -0.1) is 11.8 Å². The molecule has 1 aromatic heterocycles. The third kappa shape index (κ3) is 3.14. The number of aromatic nitrogens is 2. The van der Waals surface area contributed by atoms with Crippen LogP contribution in [0.3, 0.4) is 0 Å². The second-order valence-corrected chi connectivity index (χ2v) is 6.02. The van der Waals surface area contributed by atoms with Crippen LogP contribution in [0, 0.1) is 5.92 Å². The van der Waals surface area contributed by atoms with E-state index in [-0.39, 0.29) is 12.1 Å². The topological polar surface area (TPSA) is 58.0 Å². The maximum atomic E-state index is 9.70. The molecule has 0 amide bonds. The molecule has 1 aliphatic rings. The van der Waals surface area contributed by atoms with E-state index in [1.54, 1.807) is 18.1 Å². The fourth-order valence-corrected chi connectivity index (χ4v) is 2.81. The Hall–Kier alpha value is -0.810. The van der Waals surface area contributed by atoms with E-state index in [1.165, 1.54) is 0 Å². The zero-order chi connectivity index (χ0) is 13.0. The van der Waals surface area contributed by atoms with Crippen molar-refractivity contribution >= 4 is 17.6 Å². The molecule has 0 aromatic carbocycles. The number of hydrogen-bond donors (Lipinski definition) is 2. The van der Waals surface area contributed by atoms with E-state index in [9.17, 15) is 5.11 Å². The predicted octanol–water partition coefficient (Wildman–Crippen LogP) is 2.55. The number of nitrogens with zero attached hydrogens (tertiary/aromatic N) is 2. The van der Waals surface area contributed by atoms with Crippen LogP contribution in [0.4, 0.5) is 5.82 Å². The summed E-state index contributed by atoms with van der Waals surface area (Å²) in [7, 11) is 0. The number of thioether (sulfide) groups is 1. The highest BCUT2D eigenvalue weighted by Gasteiger charge is 2.33. The van der Waals surface area contributed by atoms with Crippen LogP contribution < -0.4 is 5.32 Å². The van der Waals surface area contributed by atoms with E-state index in [4.69, 9.17) is 0 Å². The van der Waals surface area contributed by atoms with Crippen molar-refractivity contribution in [2.45, 2.75) is 43.2 Å². The Morgan fingerprint density at radius 1 is 1.44 bits per heavy atom. The third-order valence-electron chi connectivity index (χ3n) is 3.78. The van der Waals surface area contributed by atoms with Gasteiger partial charge in [-0.2, -0.15) is 0 Å². The van der Waals surface area contributed by atoms with Gasteiger partial charge < -0.3 is 10.4 Å². The molecule has 2 N–H and O–H groups in total. The van der Waals surface area contributed by atoms with E-state index < -0.39 is 0 Å². The summed E-state index contributed by atoms with van der Waals surface area (Å²) >= 11 is 1.60. The van der Waals surface area contributed by atoms with Crippen molar-refractivity contribution < 1.29 is 5.11 Å². The van der Waals surface area contributed by atoms with Gasteiger partial charge in [-0.3, -0.25) is 0 Å². The maximum absolute atomic E-state index is 9.70. The summed E-state index contributed by atoms with van der Waals surface area (Å²) in [6, 6.07) is 1.94. The molecule has 0 unspecified atom stereocenters. The van der Waals surface area contributed by atoms with Crippen LogP contribution in [-0.4, -0.2) is 33.5 Å². The molecule has 100 valence electrons. The van der Waals surface area contributed by atoms with E-state index >= 15 is 0 Å². The Morgan fingerprint density at radius 2 is 2.17 bits per heavy atom. The lowest BCUT2D eigenvalue weighted by Gasteiger charge is -2.39. The van der Waals surface area contributed by atoms with Crippen LogP contribution in [0.25, 0.3) is 0 Å². The zero-order valence-corrected chi connectivity index (χ0v) is 11.8. The lowest BCUT2D eigenvalue weighted by Crippen LogP contribution is -2.45. The zero-order valence-electron chi connectivity index (χ0n) is 11.0. The van der Waals surface area contributed by atoms with Crippen LogP contribution in [-0.2, 0) is 0 Å². The molecule has 2 rings (SSSR count).